The van der Waals surface area contributed by atoms with Gasteiger partial charge in [-0.2, -0.15) is 4.31 Å². The Bertz CT molecular complexity index is 1370. The molecule has 5 rings (SSSR count). The van der Waals surface area contributed by atoms with Gasteiger partial charge in [-0.05, 0) is 17.7 Å². The molecule has 0 spiro atoms. The average molecular weight is 471 g/mol. The van der Waals surface area contributed by atoms with Crippen molar-refractivity contribution in [3.8, 4) is 11.3 Å². The summed E-state index contributed by atoms with van der Waals surface area (Å²) in [4.78, 5) is 23.0. The van der Waals surface area contributed by atoms with Crippen LogP contribution in [0.15, 0.2) is 63.3 Å². The molecule has 1 fully saturated rings. The molecular weight excluding hydrogens is 448 g/mol. The Hall–Kier alpha value is -2.79. The first-order valence-electron chi connectivity index (χ1n) is 10.3. The van der Waals surface area contributed by atoms with Crippen LogP contribution in [0.25, 0.3) is 21.5 Å². The van der Waals surface area contributed by atoms with E-state index in [9.17, 15) is 13.2 Å². The van der Waals surface area contributed by atoms with Crippen molar-refractivity contribution in [1.29, 1.82) is 0 Å². The van der Waals surface area contributed by atoms with E-state index >= 15 is 0 Å². The van der Waals surface area contributed by atoms with Crippen LogP contribution in [0.2, 0.25) is 0 Å². The van der Waals surface area contributed by atoms with Gasteiger partial charge in [-0.1, -0.05) is 30.3 Å². The monoisotopic (exact) mass is 470 g/mol. The smallest absolute Gasteiger partial charge is 0.260 e. The molecule has 1 aromatic carbocycles. The largest absolute Gasteiger partial charge is 0.464 e. The Labute approximate surface area is 189 Å². The van der Waals surface area contributed by atoms with Gasteiger partial charge in [0.05, 0.1) is 23.9 Å². The van der Waals surface area contributed by atoms with Crippen molar-refractivity contribution in [3.05, 3.63) is 75.8 Å². The van der Waals surface area contributed by atoms with Gasteiger partial charge in [-0.25, -0.2) is 13.4 Å². The van der Waals surface area contributed by atoms with Crippen LogP contribution < -0.4 is 5.56 Å². The van der Waals surface area contributed by atoms with Crippen LogP contribution in [-0.2, 0) is 22.3 Å². The maximum absolute atomic E-state index is 12.8. The lowest BCUT2D eigenvalue weighted by molar-refractivity contribution is 0.178. The Morgan fingerprint density at radius 2 is 1.84 bits per heavy atom. The molecule has 166 valence electrons. The first kappa shape index (κ1) is 21.1. The molecule has 1 N–H and O–H groups in total. The fraction of sp³-hybridized carbons (Fsp3) is 0.273. The van der Waals surface area contributed by atoms with Crippen molar-refractivity contribution in [2.75, 3.05) is 26.2 Å². The summed E-state index contributed by atoms with van der Waals surface area (Å²) in [7, 11) is -3.36. The van der Waals surface area contributed by atoms with Crippen molar-refractivity contribution in [2.24, 2.45) is 0 Å². The molecule has 1 aliphatic heterocycles. The molecule has 4 heterocycles. The third-order valence-corrected chi connectivity index (χ3v) is 8.29. The highest BCUT2D eigenvalue weighted by Crippen LogP contribution is 2.31. The summed E-state index contributed by atoms with van der Waals surface area (Å²) >= 11 is 1.41. The Balaban J connectivity index is 1.26. The Morgan fingerprint density at radius 1 is 1.06 bits per heavy atom. The van der Waals surface area contributed by atoms with E-state index < -0.39 is 10.0 Å². The van der Waals surface area contributed by atoms with Gasteiger partial charge in [-0.15, -0.1) is 11.3 Å². The zero-order valence-electron chi connectivity index (χ0n) is 17.2. The minimum atomic E-state index is -3.36. The van der Waals surface area contributed by atoms with E-state index in [1.165, 1.54) is 11.3 Å². The molecule has 0 radical (unpaired) electrons. The number of aromatic amines is 1. The maximum atomic E-state index is 12.8. The van der Waals surface area contributed by atoms with Crippen molar-refractivity contribution >= 4 is 31.6 Å². The van der Waals surface area contributed by atoms with E-state index in [0.29, 0.717) is 54.5 Å². The number of hydrogen-bond donors (Lipinski definition) is 1. The number of aromatic nitrogens is 2. The topological polar surface area (TPSA) is 99.5 Å². The molecule has 3 aromatic heterocycles. The summed E-state index contributed by atoms with van der Waals surface area (Å²) in [6, 6.07) is 12.8. The lowest BCUT2D eigenvalue weighted by Gasteiger charge is -2.33. The van der Waals surface area contributed by atoms with Crippen molar-refractivity contribution in [3.63, 3.8) is 0 Å². The molecule has 8 nitrogen and oxygen atoms in total. The number of H-pyrrole nitrogens is 1. The summed E-state index contributed by atoms with van der Waals surface area (Å²) in [5.74, 6) is 1.23. The molecule has 4 aromatic rings. The summed E-state index contributed by atoms with van der Waals surface area (Å²) in [5.41, 5.74) is 1.34. The molecule has 1 aliphatic rings. The van der Waals surface area contributed by atoms with Crippen LogP contribution in [0.3, 0.4) is 0 Å². The molecule has 0 unspecified atom stereocenters. The third kappa shape index (κ3) is 4.26. The van der Waals surface area contributed by atoms with Gasteiger partial charge in [0.25, 0.3) is 5.56 Å². The van der Waals surface area contributed by atoms with Gasteiger partial charge < -0.3 is 9.40 Å². The van der Waals surface area contributed by atoms with Crippen LogP contribution >= 0.6 is 11.3 Å². The fourth-order valence-electron chi connectivity index (χ4n) is 3.94. The number of nitrogens with one attached hydrogen (secondary N) is 1. The molecule has 10 heteroatoms. The van der Waals surface area contributed by atoms with E-state index in [1.807, 2.05) is 41.8 Å². The number of hydrogen-bond acceptors (Lipinski definition) is 7. The lowest BCUT2D eigenvalue weighted by Crippen LogP contribution is -2.48. The van der Waals surface area contributed by atoms with Crippen LogP contribution in [0.1, 0.15) is 11.4 Å². The third-order valence-electron chi connectivity index (χ3n) is 5.57. The number of rotatable bonds is 6. The molecule has 0 aliphatic carbocycles. The molecule has 1 saturated heterocycles. The van der Waals surface area contributed by atoms with Crippen LogP contribution in [0, 0.1) is 0 Å². The number of benzene rings is 1. The van der Waals surface area contributed by atoms with Gasteiger partial charge >= 0.3 is 0 Å². The molecule has 0 amide bonds. The predicted molar refractivity (Wildman–Crippen MR) is 124 cm³/mol. The van der Waals surface area contributed by atoms with E-state index in [1.54, 1.807) is 16.6 Å². The van der Waals surface area contributed by atoms with Crippen molar-refractivity contribution in [1.82, 2.24) is 19.2 Å². The molecule has 0 saturated carbocycles. The number of piperazine rings is 1. The predicted octanol–water partition coefficient (Wildman–Crippen LogP) is 2.89. The Kier molecular flexibility index (Phi) is 5.68. The first-order chi connectivity index (χ1) is 15.5. The number of thiophene rings is 1. The minimum Gasteiger partial charge on any atom is -0.464 e. The van der Waals surface area contributed by atoms with E-state index in [-0.39, 0.29) is 11.3 Å². The van der Waals surface area contributed by atoms with Gasteiger partial charge in [-0.3, -0.25) is 9.69 Å². The second-order valence-corrected chi connectivity index (χ2v) is 10.6. The van der Waals surface area contributed by atoms with E-state index in [2.05, 4.69) is 14.9 Å². The normalized spacial score (nSPS) is 16.0. The van der Waals surface area contributed by atoms with Crippen LogP contribution in [0.4, 0.5) is 0 Å². The highest BCUT2D eigenvalue weighted by molar-refractivity contribution is 7.88. The summed E-state index contributed by atoms with van der Waals surface area (Å²) in [5, 5.41) is 2.41. The second-order valence-electron chi connectivity index (χ2n) is 7.74. The summed E-state index contributed by atoms with van der Waals surface area (Å²) in [6.45, 7) is 2.47. The zero-order valence-corrected chi connectivity index (χ0v) is 18.9. The molecule has 32 heavy (non-hydrogen) atoms. The fourth-order valence-corrected chi connectivity index (χ4v) is 6.40. The van der Waals surface area contributed by atoms with Crippen molar-refractivity contribution < 1.29 is 12.8 Å². The summed E-state index contributed by atoms with van der Waals surface area (Å²) < 4.78 is 32.5. The average Bonchev–Trinajstić information content (AvgIpc) is 3.44. The van der Waals surface area contributed by atoms with Gasteiger partial charge in [0.2, 0.25) is 10.0 Å². The van der Waals surface area contributed by atoms with Gasteiger partial charge in [0.1, 0.15) is 16.4 Å². The number of nitrogens with zero attached hydrogens (tertiary/aromatic N) is 3. The molecule has 0 bridgehead atoms. The Morgan fingerprint density at radius 3 is 2.56 bits per heavy atom. The standard InChI is InChI=1S/C22H22N4O4S2/c27-21-20-17(18-7-4-12-30-18)14-31-22(20)24-19(23-21)13-25-8-10-26(11-9-25)32(28,29)15-16-5-2-1-3-6-16/h1-7,12,14H,8-11,13,15H2,(H,23,24,27). The highest BCUT2D eigenvalue weighted by atomic mass is 32.2. The maximum Gasteiger partial charge on any atom is 0.260 e. The minimum absolute atomic E-state index is 0.00969. The quantitative estimate of drug-likeness (QED) is 0.465. The highest BCUT2D eigenvalue weighted by Gasteiger charge is 2.27. The van der Waals surface area contributed by atoms with E-state index in [4.69, 9.17) is 4.42 Å². The van der Waals surface area contributed by atoms with Crippen LogP contribution in [0.5, 0.6) is 0 Å². The summed E-state index contributed by atoms with van der Waals surface area (Å²) in [6.07, 6.45) is 1.58. The number of furan rings is 1. The van der Waals surface area contributed by atoms with Crippen molar-refractivity contribution in [2.45, 2.75) is 12.3 Å². The zero-order chi connectivity index (χ0) is 22.1. The van der Waals surface area contributed by atoms with E-state index in [0.717, 1.165) is 11.1 Å². The molecular formula is C22H22N4O4S2. The SMILES string of the molecule is O=c1[nH]c(CN2CCN(S(=O)(=O)Cc3ccccc3)CC2)nc2scc(-c3ccco3)c12. The van der Waals surface area contributed by atoms with Gasteiger partial charge in [0, 0.05) is 37.1 Å². The van der Waals surface area contributed by atoms with Gasteiger partial charge in [0.15, 0.2) is 0 Å². The van der Waals surface area contributed by atoms with Crippen LogP contribution in [-0.4, -0.2) is 53.8 Å². The molecule has 0 atom stereocenters. The number of fused-ring (bicyclic) bond motifs is 1. The second kappa shape index (κ2) is 8.62. The number of sulfonamides is 1. The first-order valence-corrected chi connectivity index (χ1v) is 12.8. The lowest BCUT2D eigenvalue weighted by atomic mass is 10.2.